The van der Waals surface area contributed by atoms with Gasteiger partial charge in [-0.1, -0.05) is 35.3 Å². The molecule has 1 atom stereocenters. The van der Waals surface area contributed by atoms with Gasteiger partial charge in [0.2, 0.25) is 0 Å². The maximum Gasteiger partial charge on any atom is 0.338 e. The summed E-state index contributed by atoms with van der Waals surface area (Å²) in [6, 6.07) is 11.2. The fourth-order valence-electron chi connectivity index (χ4n) is 3.33. The Balaban J connectivity index is 1.89. The second-order valence-electron chi connectivity index (χ2n) is 7.31. The van der Waals surface area contributed by atoms with Crippen LogP contribution < -0.4 is 10.6 Å². The minimum atomic E-state index is -0.554. The number of carbonyl (C=O) groups excluding carboxylic acids is 2. The highest BCUT2D eigenvalue weighted by molar-refractivity contribution is 7.80. The van der Waals surface area contributed by atoms with Crippen LogP contribution in [0.5, 0.6) is 0 Å². The molecule has 1 aliphatic heterocycles. The van der Waals surface area contributed by atoms with Gasteiger partial charge >= 0.3 is 5.97 Å². The van der Waals surface area contributed by atoms with Crippen LogP contribution in [-0.4, -0.2) is 49.3 Å². The summed E-state index contributed by atoms with van der Waals surface area (Å²) in [5.74, 6) is -0.839. The molecular formula is C23H23Cl2N3O4S. The summed E-state index contributed by atoms with van der Waals surface area (Å²) in [6.45, 7) is 2.23. The van der Waals surface area contributed by atoms with E-state index in [9.17, 15) is 9.59 Å². The molecule has 3 rings (SSSR count). The van der Waals surface area contributed by atoms with Crippen LogP contribution in [0.15, 0.2) is 53.7 Å². The fraction of sp³-hybridized carbons (Fsp3) is 0.261. The first-order valence-corrected chi connectivity index (χ1v) is 11.2. The molecule has 1 heterocycles. The molecule has 174 valence electrons. The maximum atomic E-state index is 12.9. The number of hydrogen-bond donors (Lipinski definition) is 2. The van der Waals surface area contributed by atoms with Crippen LogP contribution in [0.3, 0.4) is 0 Å². The van der Waals surface area contributed by atoms with Gasteiger partial charge < -0.3 is 25.0 Å². The molecule has 2 N–H and O–H groups in total. The summed E-state index contributed by atoms with van der Waals surface area (Å²) < 4.78 is 10.3. The summed E-state index contributed by atoms with van der Waals surface area (Å²) in [5, 5.41) is 7.21. The largest absolute Gasteiger partial charge is 0.460 e. The Morgan fingerprint density at radius 3 is 2.52 bits per heavy atom. The topological polar surface area (TPSA) is 79.9 Å². The zero-order valence-electron chi connectivity index (χ0n) is 18.3. The lowest BCUT2D eigenvalue weighted by Crippen LogP contribution is -2.46. The Morgan fingerprint density at radius 2 is 1.85 bits per heavy atom. The SMILES string of the molecule is COCCOC(=O)C1=C(C)N(C)C(=S)NC1c1cccc(NC(=O)c2cc(Cl)cc(Cl)c2)c1. The van der Waals surface area contributed by atoms with Crippen molar-refractivity contribution in [1.82, 2.24) is 10.2 Å². The Labute approximate surface area is 207 Å². The third-order valence-corrected chi connectivity index (χ3v) is 5.93. The van der Waals surface area contributed by atoms with E-state index in [1.807, 2.05) is 13.0 Å². The molecule has 7 nitrogen and oxygen atoms in total. The lowest BCUT2D eigenvalue weighted by molar-refractivity contribution is -0.140. The van der Waals surface area contributed by atoms with Gasteiger partial charge in [-0.3, -0.25) is 4.79 Å². The number of rotatable bonds is 7. The number of anilines is 1. The molecular weight excluding hydrogens is 485 g/mol. The first-order valence-electron chi connectivity index (χ1n) is 9.99. The van der Waals surface area contributed by atoms with Crippen molar-refractivity contribution in [2.75, 3.05) is 32.7 Å². The van der Waals surface area contributed by atoms with Crippen molar-refractivity contribution >= 4 is 58.1 Å². The van der Waals surface area contributed by atoms with Crippen molar-refractivity contribution in [3.8, 4) is 0 Å². The molecule has 2 aromatic carbocycles. The van der Waals surface area contributed by atoms with E-state index in [1.165, 1.54) is 19.2 Å². The molecule has 0 saturated carbocycles. The Bertz CT molecular complexity index is 1100. The van der Waals surface area contributed by atoms with Crippen LogP contribution >= 0.6 is 35.4 Å². The molecule has 0 bridgehead atoms. The van der Waals surface area contributed by atoms with Gasteiger partial charge in [-0.25, -0.2) is 4.79 Å². The number of halogens is 2. The summed E-state index contributed by atoms with van der Waals surface area (Å²) in [5.41, 5.74) is 2.69. The molecule has 0 aliphatic carbocycles. The number of nitrogens with zero attached hydrogens (tertiary/aromatic N) is 1. The van der Waals surface area contributed by atoms with Crippen molar-refractivity contribution in [3.63, 3.8) is 0 Å². The molecule has 0 fully saturated rings. The smallest absolute Gasteiger partial charge is 0.338 e. The van der Waals surface area contributed by atoms with E-state index >= 15 is 0 Å². The lowest BCUT2D eigenvalue weighted by atomic mass is 9.95. The summed E-state index contributed by atoms with van der Waals surface area (Å²) in [7, 11) is 3.31. The first kappa shape index (κ1) is 25.0. The normalized spacial score (nSPS) is 15.8. The minimum absolute atomic E-state index is 0.130. The van der Waals surface area contributed by atoms with E-state index in [4.69, 9.17) is 44.9 Å². The van der Waals surface area contributed by atoms with E-state index in [2.05, 4.69) is 10.6 Å². The van der Waals surface area contributed by atoms with Crippen LogP contribution in [0.1, 0.15) is 28.9 Å². The highest BCUT2D eigenvalue weighted by atomic mass is 35.5. The van der Waals surface area contributed by atoms with Crippen LogP contribution in [-0.2, 0) is 14.3 Å². The quantitative estimate of drug-likeness (QED) is 0.322. The van der Waals surface area contributed by atoms with Gasteiger partial charge in [0.1, 0.15) is 6.61 Å². The maximum absolute atomic E-state index is 12.9. The molecule has 2 aromatic rings. The molecule has 1 unspecified atom stereocenters. The number of hydrogen-bond acceptors (Lipinski definition) is 5. The second-order valence-corrected chi connectivity index (χ2v) is 8.57. The van der Waals surface area contributed by atoms with Gasteiger partial charge in [-0.2, -0.15) is 0 Å². The standard InChI is InChI=1S/C23H23Cl2N3O4S/c1-13-19(22(30)32-8-7-31-3)20(27-23(33)28(13)2)14-5-4-6-18(11-14)26-21(29)15-9-16(24)12-17(25)10-15/h4-6,9-12,20H,7-8H2,1-3H3,(H,26,29)(H,27,33). The number of carbonyl (C=O) groups is 2. The van der Waals surface area contributed by atoms with Crippen molar-refractivity contribution in [2.45, 2.75) is 13.0 Å². The number of esters is 1. The third kappa shape index (κ3) is 6.03. The predicted molar refractivity (Wildman–Crippen MR) is 133 cm³/mol. The monoisotopic (exact) mass is 507 g/mol. The van der Waals surface area contributed by atoms with E-state index in [0.29, 0.717) is 44.3 Å². The van der Waals surface area contributed by atoms with E-state index < -0.39 is 12.0 Å². The zero-order valence-corrected chi connectivity index (χ0v) is 20.6. The van der Waals surface area contributed by atoms with Crippen LogP contribution in [0, 0.1) is 0 Å². The second kappa shape index (κ2) is 11.0. The van der Waals surface area contributed by atoms with E-state index in [-0.39, 0.29) is 12.5 Å². The molecule has 0 saturated heterocycles. The molecule has 0 radical (unpaired) electrons. The van der Waals surface area contributed by atoms with Gasteiger partial charge in [-0.15, -0.1) is 0 Å². The number of allylic oxidation sites excluding steroid dienone is 1. The van der Waals surface area contributed by atoms with Gasteiger partial charge in [0.05, 0.1) is 18.2 Å². The van der Waals surface area contributed by atoms with Crippen molar-refractivity contribution in [3.05, 3.63) is 74.9 Å². The van der Waals surface area contributed by atoms with Gasteiger partial charge in [0, 0.05) is 41.2 Å². The molecule has 0 spiro atoms. The molecule has 1 amide bonds. The Hall–Kier alpha value is -2.65. The highest BCUT2D eigenvalue weighted by Gasteiger charge is 2.33. The number of nitrogens with one attached hydrogen (secondary N) is 2. The van der Waals surface area contributed by atoms with Crippen LogP contribution in [0.2, 0.25) is 10.0 Å². The molecule has 10 heteroatoms. The van der Waals surface area contributed by atoms with Crippen molar-refractivity contribution in [1.29, 1.82) is 0 Å². The predicted octanol–water partition coefficient (Wildman–Crippen LogP) is 4.57. The third-order valence-electron chi connectivity index (χ3n) is 5.10. The zero-order chi connectivity index (χ0) is 24.1. The number of amides is 1. The average Bonchev–Trinajstić information content (AvgIpc) is 2.76. The Morgan fingerprint density at radius 1 is 1.15 bits per heavy atom. The number of thiocarbonyl (C=S) groups is 1. The molecule has 0 aromatic heterocycles. The lowest BCUT2D eigenvalue weighted by Gasteiger charge is -2.35. The van der Waals surface area contributed by atoms with Crippen LogP contribution in [0.25, 0.3) is 0 Å². The van der Waals surface area contributed by atoms with Crippen LogP contribution in [0.4, 0.5) is 5.69 Å². The van der Waals surface area contributed by atoms with Gasteiger partial charge in [-0.05, 0) is 55.0 Å². The summed E-state index contributed by atoms with van der Waals surface area (Å²) in [6.07, 6.45) is 0. The van der Waals surface area contributed by atoms with Crippen molar-refractivity contribution < 1.29 is 19.1 Å². The Kier molecular flexibility index (Phi) is 8.31. The number of ether oxygens (including phenoxy) is 2. The summed E-state index contributed by atoms with van der Waals surface area (Å²) in [4.78, 5) is 27.3. The van der Waals surface area contributed by atoms with E-state index in [0.717, 1.165) is 5.56 Å². The fourth-order valence-corrected chi connectivity index (χ4v) is 4.11. The highest BCUT2D eigenvalue weighted by Crippen LogP contribution is 2.32. The van der Waals surface area contributed by atoms with Crippen molar-refractivity contribution in [2.24, 2.45) is 0 Å². The molecule has 1 aliphatic rings. The average molecular weight is 508 g/mol. The van der Waals surface area contributed by atoms with E-state index in [1.54, 1.807) is 36.2 Å². The summed E-state index contributed by atoms with van der Waals surface area (Å²) >= 11 is 17.5. The number of benzene rings is 2. The molecule has 33 heavy (non-hydrogen) atoms. The first-order chi connectivity index (χ1) is 15.7. The van der Waals surface area contributed by atoms with Gasteiger partial charge in [0.15, 0.2) is 5.11 Å². The minimum Gasteiger partial charge on any atom is -0.460 e. The number of methoxy groups -OCH3 is 1. The van der Waals surface area contributed by atoms with Gasteiger partial charge in [0.25, 0.3) is 5.91 Å².